The van der Waals surface area contributed by atoms with Crippen molar-refractivity contribution < 1.29 is 19.8 Å². The Hall–Kier alpha value is -3.50. The summed E-state index contributed by atoms with van der Waals surface area (Å²) in [6.07, 6.45) is -0.244. The molecule has 1 saturated carbocycles. The molecular weight excluding hydrogens is 388 g/mol. The highest BCUT2D eigenvalue weighted by atomic mass is 16.3. The van der Waals surface area contributed by atoms with E-state index in [1.165, 1.54) is 6.92 Å². The van der Waals surface area contributed by atoms with Gasteiger partial charge in [-0.15, -0.1) is 0 Å². The molecule has 3 aromatic carbocycles. The predicted octanol–water partition coefficient (Wildman–Crippen LogP) is 4.96. The van der Waals surface area contributed by atoms with E-state index in [1.54, 1.807) is 48.5 Å². The molecule has 0 saturated heterocycles. The molecule has 1 fully saturated rings. The van der Waals surface area contributed by atoms with E-state index in [9.17, 15) is 19.8 Å². The summed E-state index contributed by atoms with van der Waals surface area (Å²) in [7, 11) is 0. The molecule has 3 aromatic rings. The number of carbonyl (C=O) groups excluding carboxylic acids is 2. The lowest BCUT2D eigenvalue weighted by atomic mass is 9.61. The van der Waals surface area contributed by atoms with Crippen LogP contribution in [0.4, 0.5) is 0 Å². The van der Waals surface area contributed by atoms with E-state index in [4.69, 9.17) is 0 Å². The summed E-state index contributed by atoms with van der Waals surface area (Å²) >= 11 is 0. The van der Waals surface area contributed by atoms with Gasteiger partial charge in [-0.25, -0.2) is 0 Å². The van der Waals surface area contributed by atoms with Crippen LogP contribution >= 0.6 is 0 Å². The molecule has 31 heavy (non-hydrogen) atoms. The highest BCUT2D eigenvalue weighted by molar-refractivity contribution is 6.08. The van der Waals surface area contributed by atoms with Crippen LogP contribution in [0.5, 0.6) is 0 Å². The van der Waals surface area contributed by atoms with Crippen LogP contribution in [-0.4, -0.2) is 27.4 Å². The number of ketones is 2. The Labute approximate surface area is 181 Å². The van der Waals surface area contributed by atoms with E-state index in [0.29, 0.717) is 16.7 Å². The smallest absolute Gasteiger partial charge is 0.169 e. The first-order chi connectivity index (χ1) is 14.9. The van der Waals surface area contributed by atoms with Crippen molar-refractivity contribution in [2.45, 2.75) is 24.9 Å². The second kappa shape index (κ2) is 8.32. The summed E-state index contributed by atoms with van der Waals surface area (Å²) in [5.74, 6) is -2.50. The number of benzene rings is 3. The molecule has 0 bridgehead atoms. The highest BCUT2D eigenvalue weighted by Crippen LogP contribution is 2.48. The van der Waals surface area contributed by atoms with Gasteiger partial charge < -0.3 is 10.2 Å². The van der Waals surface area contributed by atoms with Crippen LogP contribution < -0.4 is 0 Å². The van der Waals surface area contributed by atoms with E-state index >= 15 is 0 Å². The third-order valence-corrected chi connectivity index (χ3v) is 5.94. The van der Waals surface area contributed by atoms with Crippen LogP contribution in [0.15, 0.2) is 96.6 Å². The zero-order chi connectivity index (χ0) is 22.0. The average molecular weight is 412 g/mol. The van der Waals surface area contributed by atoms with Gasteiger partial charge in [0.25, 0.3) is 0 Å². The second-order valence-electron chi connectivity index (χ2n) is 8.18. The summed E-state index contributed by atoms with van der Waals surface area (Å²) < 4.78 is 0. The fraction of sp³-hybridized carbons (Fsp3) is 0.185. The van der Waals surface area contributed by atoms with Crippen molar-refractivity contribution >= 4 is 17.3 Å². The number of aliphatic hydroxyl groups is 2. The fourth-order valence-electron chi connectivity index (χ4n) is 4.50. The number of hydrogen-bond acceptors (Lipinski definition) is 4. The summed E-state index contributed by atoms with van der Waals surface area (Å²) in [5.41, 5.74) is 0.256. The molecule has 4 rings (SSSR count). The largest absolute Gasteiger partial charge is 0.507 e. The van der Waals surface area contributed by atoms with Crippen LogP contribution in [-0.2, 0) is 4.79 Å². The summed E-state index contributed by atoms with van der Waals surface area (Å²) in [6.45, 7) is 1.53. The molecule has 1 aliphatic carbocycles. The zero-order valence-corrected chi connectivity index (χ0v) is 17.2. The van der Waals surface area contributed by atoms with E-state index < -0.39 is 17.4 Å². The van der Waals surface area contributed by atoms with Gasteiger partial charge >= 0.3 is 0 Å². The van der Waals surface area contributed by atoms with Gasteiger partial charge in [-0.05, 0) is 12.5 Å². The van der Waals surface area contributed by atoms with Crippen LogP contribution in [0.3, 0.4) is 0 Å². The van der Waals surface area contributed by atoms with Crippen molar-refractivity contribution in [2.24, 2.45) is 5.92 Å². The number of hydrogen-bond donors (Lipinski definition) is 2. The molecule has 0 aromatic heterocycles. The molecule has 0 unspecified atom stereocenters. The molecule has 3 atom stereocenters. The normalized spacial score (nSPS) is 25.2. The molecule has 0 radical (unpaired) electrons. The SMILES string of the molecule is C[C@]1(O)CC(=O)C(=C(O)c2ccccc2)[C@H](c2ccccc2)[C@@H]1C(=O)c1ccccc1. The average Bonchev–Trinajstić information content (AvgIpc) is 2.79. The fourth-order valence-corrected chi connectivity index (χ4v) is 4.50. The molecule has 0 spiro atoms. The summed E-state index contributed by atoms with van der Waals surface area (Å²) in [5, 5.41) is 22.4. The summed E-state index contributed by atoms with van der Waals surface area (Å²) in [6, 6.07) is 26.7. The van der Waals surface area contributed by atoms with Gasteiger partial charge in [0.1, 0.15) is 5.76 Å². The molecule has 4 heteroatoms. The van der Waals surface area contributed by atoms with E-state index in [-0.39, 0.29) is 29.3 Å². The molecule has 0 aliphatic heterocycles. The van der Waals surface area contributed by atoms with Crippen molar-refractivity contribution in [3.63, 3.8) is 0 Å². The molecule has 0 heterocycles. The minimum atomic E-state index is -1.56. The maximum absolute atomic E-state index is 13.6. The number of aliphatic hydroxyl groups excluding tert-OH is 1. The molecule has 1 aliphatic rings. The number of allylic oxidation sites excluding steroid dienone is 1. The predicted molar refractivity (Wildman–Crippen MR) is 120 cm³/mol. The lowest BCUT2D eigenvalue weighted by Crippen LogP contribution is -2.50. The van der Waals surface area contributed by atoms with E-state index in [1.807, 2.05) is 42.5 Å². The van der Waals surface area contributed by atoms with Gasteiger partial charge in [0.15, 0.2) is 11.6 Å². The lowest BCUT2D eigenvalue weighted by Gasteiger charge is -2.42. The topological polar surface area (TPSA) is 74.6 Å². The van der Waals surface area contributed by atoms with Crippen molar-refractivity contribution in [1.82, 2.24) is 0 Å². The van der Waals surface area contributed by atoms with Crippen molar-refractivity contribution in [3.05, 3.63) is 113 Å². The Kier molecular flexibility index (Phi) is 5.57. The summed E-state index contributed by atoms with van der Waals surface area (Å²) in [4.78, 5) is 26.9. The van der Waals surface area contributed by atoms with Gasteiger partial charge in [0, 0.05) is 29.0 Å². The van der Waals surface area contributed by atoms with Crippen LogP contribution in [0.1, 0.15) is 40.7 Å². The third-order valence-electron chi connectivity index (χ3n) is 5.94. The molecular formula is C27H24O4. The number of Topliss-reactive ketones (excluding diaryl/α,β-unsaturated/α-hetero) is 2. The minimum absolute atomic E-state index is 0.152. The lowest BCUT2D eigenvalue weighted by molar-refractivity contribution is -0.125. The van der Waals surface area contributed by atoms with Crippen LogP contribution in [0, 0.1) is 5.92 Å². The maximum atomic E-state index is 13.6. The first-order valence-corrected chi connectivity index (χ1v) is 10.3. The van der Waals surface area contributed by atoms with Gasteiger partial charge in [-0.2, -0.15) is 0 Å². The molecule has 2 N–H and O–H groups in total. The third kappa shape index (κ3) is 3.94. The Morgan fingerprint density at radius 2 is 1.32 bits per heavy atom. The van der Waals surface area contributed by atoms with Crippen molar-refractivity contribution in [3.8, 4) is 0 Å². The van der Waals surface area contributed by atoms with E-state index in [2.05, 4.69) is 0 Å². The Morgan fingerprint density at radius 1 is 0.839 bits per heavy atom. The first kappa shape index (κ1) is 20.8. The standard InChI is InChI=1S/C27H24O4/c1-27(31)17-21(28)23(25(29)19-13-7-3-8-14-19)22(18-11-5-2-6-12-18)24(27)26(30)20-15-9-4-10-16-20/h2-16,22,24,29,31H,17H2,1H3/t22-,24+,27-/m0/s1. The monoisotopic (exact) mass is 412 g/mol. The Balaban J connectivity index is 1.95. The number of carbonyl (C=O) groups is 2. The van der Waals surface area contributed by atoms with Crippen LogP contribution in [0.25, 0.3) is 5.76 Å². The highest BCUT2D eigenvalue weighted by Gasteiger charge is 2.52. The van der Waals surface area contributed by atoms with Gasteiger partial charge in [0.05, 0.1) is 11.5 Å². The van der Waals surface area contributed by atoms with Gasteiger partial charge in [-0.1, -0.05) is 91.0 Å². The Bertz CT molecular complexity index is 1120. The molecule has 156 valence electrons. The Morgan fingerprint density at radius 3 is 1.87 bits per heavy atom. The maximum Gasteiger partial charge on any atom is 0.169 e. The molecule has 4 nitrogen and oxygen atoms in total. The minimum Gasteiger partial charge on any atom is -0.507 e. The quantitative estimate of drug-likeness (QED) is 0.361. The second-order valence-corrected chi connectivity index (χ2v) is 8.18. The first-order valence-electron chi connectivity index (χ1n) is 10.3. The van der Waals surface area contributed by atoms with Crippen molar-refractivity contribution in [2.75, 3.05) is 0 Å². The van der Waals surface area contributed by atoms with Crippen molar-refractivity contribution in [1.29, 1.82) is 0 Å². The number of rotatable bonds is 4. The molecule has 0 amide bonds. The van der Waals surface area contributed by atoms with Gasteiger partial charge in [-0.3, -0.25) is 9.59 Å². The van der Waals surface area contributed by atoms with Crippen LogP contribution in [0.2, 0.25) is 0 Å². The van der Waals surface area contributed by atoms with E-state index in [0.717, 1.165) is 0 Å². The zero-order valence-electron chi connectivity index (χ0n) is 17.2. The van der Waals surface area contributed by atoms with Gasteiger partial charge in [0.2, 0.25) is 0 Å².